The SMILES string of the molecule is CCNC(c1ccccc1)c1ccccc1. The van der Waals surface area contributed by atoms with E-state index in [0.29, 0.717) is 6.04 Å². The van der Waals surface area contributed by atoms with Crippen LogP contribution in [0.25, 0.3) is 0 Å². The normalized spacial score (nSPS) is 10.6. The largest absolute Gasteiger partial charge is 0.307 e. The molecule has 0 spiro atoms. The molecule has 0 saturated carbocycles. The Morgan fingerprint density at radius 1 is 0.812 bits per heavy atom. The Hall–Kier alpha value is -1.60. The fourth-order valence-corrected chi connectivity index (χ4v) is 1.92. The first-order chi connectivity index (χ1) is 7.92. The highest BCUT2D eigenvalue weighted by Crippen LogP contribution is 2.21. The Kier molecular flexibility index (Phi) is 3.73. The molecule has 2 aromatic carbocycles. The van der Waals surface area contributed by atoms with Crippen molar-refractivity contribution in [3.05, 3.63) is 71.8 Å². The molecule has 0 unspecified atom stereocenters. The molecule has 0 bridgehead atoms. The van der Waals surface area contributed by atoms with Gasteiger partial charge in [0.1, 0.15) is 0 Å². The summed E-state index contributed by atoms with van der Waals surface area (Å²) in [5.74, 6) is 0. The van der Waals surface area contributed by atoms with Crippen molar-refractivity contribution < 1.29 is 0 Å². The molecule has 16 heavy (non-hydrogen) atoms. The summed E-state index contributed by atoms with van der Waals surface area (Å²) < 4.78 is 0. The number of benzene rings is 2. The van der Waals surface area contributed by atoms with Crippen LogP contribution in [0.4, 0.5) is 0 Å². The van der Waals surface area contributed by atoms with Gasteiger partial charge in [-0.1, -0.05) is 67.6 Å². The standard InChI is InChI=1S/C15H17N/c1-2-16-15(13-9-5-3-6-10-13)14-11-7-4-8-12-14/h3-12,15-16H,2H2,1H3. The van der Waals surface area contributed by atoms with E-state index in [0.717, 1.165) is 6.54 Å². The summed E-state index contributed by atoms with van der Waals surface area (Å²) in [5, 5.41) is 3.52. The molecular weight excluding hydrogens is 194 g/mol. The average molecular weight is 211 g/mol. The lowest BCUT2D eigenvalue weighted by Gasteiger charge is -2.18. The molecule has 1 heteroatoms. The first-order valence-electron chi connectivity index (χ1n) is 5.75. The van der Waals surface area contributed by atoms with Crippen molar-refractivity contribution in [1.29, 1.82) is 0 Å². The lowest BCUT2D eigenvalue weighted by Crippen LogP contribution is -2.21. The van der Waals surface area contributed by atoms with Crippen LogP contribution in [0, 0.1) is 0 Å². The summed E-state index contributed by atoms with van der Waals surface area (Å²) in [4.78, 5) is 0. The first-order valence-corrected chi connectivity index (χ1v) is 5.75. The minimum atomic E-state index is 0.299. The van der Waals surface area contributed by atoms with Gasteiger partial charge in [0, 0.05) is 0 Å². The number of hydrogen-bond acceptors (Lipinski definition) is 1. The number of hydrogen-bond donors (Lipinski definition) is 1. The van der Waals surface area contributed by atoms with Gasteiger partial charge < -0.3 is 5.32 Å². The van der Waals surface area contributed by atoms with E-state index in [2.05, 4.69) is 72.9 Å². The third-order valence-corrected chi connectivity index (χ3v) is 2.67. The summed E-state index contributed by atoms with van der Waals surface area (Å²) in [6.07, 6.45) is 0. The van der Waals surface area contributed by atoms with Crippen LogP contribution >= 0.6 is 0 Å². The molecule has 0 radical (unpaired) electrons. The summed E-state index contributed by atoms with van der Waals surface area (Å²) in [6.45, 7) is 3.10. The van der Waals surface area contributed by atoms with Crippen molar-refractivity contribution in [2.45, 2.75) is 13.0 Å². The second kappa shape index (κ2) is 5.47. The highest BCUT2D eigenvalue weighted by molar-refractivity contribution is 5.31. The fourth-order valence-electron chi connectivity index (χ4n) is 1.92. The smallest absolute Gasteiger partial charge is 0.0576 e. The maximum absolute atomic E-state index is 3.52. The third-order valence-electron chi connectivity index (χ3n) is 2.67. The molecule has 0 aromatic heterocycles. The van der Waals surface area contributed by atoms with Crippen molar-refractivity contribution >= 4 is 0 Å². The molecule has 0 aliphatic carbocycles. The molecular formula is C15H17N. The van der Waals surface area contributed by atoms with Crippen molar-refractivity contribution in [2.75, 3.05) is 6.54 Å². The Morgan fingerprint density at radius 2 is 1.25 bits per heavy atom. The van der Waals surface area contributed by atoms with Gasteiger partial charge in [-0.05, 0) is 17.7 Å². The molecule has 1 N–H and O–H groups in total. The van der Waals surface area contributed by atoms with Gasteiger partial charge in [0.15, 0.2) is 0 Å². The van der Waals surface area contributed by atoms with Gasteiger partial charge in [-0.25, -0.2) is 0 Å². The molecule has 0 heterocycles. The Balaban J connectivity index is 2.31. The highest BCUT2D eigenvalue weighted by atomic mass is 14.9. The topological polar surface area (TPSA) is 12.0 Å². The number of rotatable bonds is 4. The minimum Gasteiger partial charge on any atom is -0.307 e. The van der Waals surface area contributed by atoms with Gasteiger partial charge in [-0.2, -0.15) is 0 Å². The zero-order valence-corrected chi connectivity index (χ0v) is 9.56. The van der Waals surface area contributed by atoms with Gasteiger partial charge in [0.05, 0.1) is 6.04 Å². The predicted molar refractivity (Wildman–Crippen MR) is 68.4 cm³/mol. The maximum Gasteiger partial charge on any atom is 0.0576 e. The molecule has 0 saturated heterocycles. The third kappa shape index (κ3) is 2.50. The maximum atomic E-state index is 3.52. The quantitative estimate of drug-likeness (QED) is 0.817. The van der Waals surface area contributed by atoms with E-state index in [-0.39, 0.29) is 0 Å². The van der Waals surface area contributed by atoms with Gasteiger partial charge in [0.2, 0.25) is 0 Å². The Bertz CT molecular complexity index is 368. The molecule has 0 aliphatic heterocycles. The summed E-state index contributed by atoms with van der Waals surface area (Å²) in [6, 6.07) is 21.4. The van der Waals surface area contributed by atoms with Crippen LogP contribution in [-0.4, -0.2) is 6.54 Å². The lowest BCUT2D eigenvalue weighted by molar-refractivity contribution is 0.631. The molecule has 0 atom stereocenters. The van der Waals surface area contributed by atoms with E-state index in [9.17, 15) is 0 Å². The Labute approximate surface area is 97.1 Å². The van der Waals surface area contributed by atoms with E-state index in [1.165, 1.54) is 11.1 Å². The lowest BCUT2D eigenvalue weighted by atomic mass is 9.99. The van der Waals surface area contributed by atoms with Gasteiger partial charge in [-0.15, -0.1) is 0 Å². The summed E-state index contributed by atoms with van der Waals surface area (Å²) in [5.41, 5.74) is 2.63. The molecule has 0 amide bonds. The second-order valence-electron chi connectivity index (χ2n) is 3.81. The minimum absolute atomic E-state index is 0.299. The van der Waals surface area contributed by atoms with Crippen molar-refractivity contribution in [1.82, 2.24) is 5.32 Å². The van der Waals surface area contributed by atoms with Crippen LogP contribution in [0.5, 0.6) is 0 Å². The van der Waals surface area contributed by atoms with Gasteiger partial charge in [-0.3, -0.25) is 0 Å². The number of nitrogens with one attached hydrogen (secondary N) is 1. The van der Waals surface area contributed by atoms with Crippen LogP contribution in [0.2, 0.25) is 0 Å². The monoisotopic (exact) mass is 211 g/mol. The molecule has 2 rings (SSSR count). The fraction of sp³-hybridized carbons (Fsp3) is 0.200. The van der Waals surface area contributed by atoms with E-state index in [1.54, 1.807) is 0 Å². The van der Waals surface area contributed by atoms with Crippen LogP contribution in [0.3, 0.4) is 0 Å². The van der Waals surface area contributed by atoms with Crippen LogP contribution < -0.4 is 5.32 Å². The van der Waals surface area contributed by atoms with Gasteiger partial charge in [0.25, 0.3) is 0 Å². The first kappa shape index (κ1) is 10.9. The molecule has 82 valence electrons. The predicted octanol–water partition coefficient (Wildman–Crippen LogP) is 3.39. The van der Waals surface area contributed by atoms with Crippen molar-refractivity contribution in [3.8, 4) is 0 Å². The van der Waals surface area contributed by atoms with E-state index in [4.69, 9.17) is 0 Å². The van der Waals surface area contributed by atoms with Crippen LogP contribution in [0.15, 0.2) is 60.7 Å². The van der Waals surface area contributed by atoms with E-state index >= 15 is 0 Å². The Morgan fingerprint density at radius 3 is 1.62 bits per heavy atom. The summed E-state index contributed by atoms with van der Waals surface area (Å²) >= 11 is 0. The molecule has 2 aromatic rings. The zero-order chi connectivity index (χ0) is 11.2. The molecule has 1 nitrogen and oxygen atoms in total. The highest BCUT2D eigenvalue weighted by Gasteiger charge is 2.11. The van der Waals surface area contributed by atoms with Crippen LogP contribution in [-0.2, 0) is 0 Å². The van der Waals surface area contributed by atoms with E-state index < -0.39 is 0 Å². The van der Waals surface area contributed by atoms with Crippen molar-refractivity contribution in [2.24, 2.45) is 0 Å². The van der Waals surface area contributed by atoms with Crippen molar-refractivity contribution in [3.63, 3.8) is 0 Å². The molecule has 0 aliphatic rings. The second-order valence-corrected chi connectivity index (χ2v) is 3.81. The van der Waals surface area contributed by atoms with Crippen LogP contribution in [0.1, 0.15) is 24.1 Å². The zero-order valence-electron chi connectivity index (χ0n) is 9.56. The van der Waals surface area contributed by atoms with Gasteiger partial charge >= 0.3 is 0 Å². The summed E-state index contributed by atoms with van der Waals surface area (Å²) in [7, 11) is 0. The molecule has 0 fully saturated rings. The average Bonchev–Trinajstić information content (AvgIpc) is 2.38. The van der Waals surface area contributed by atoms with E-state index in [1.807, 2.05) is 0 Å².